The summed E-state index contributed by atoms with van der Waals surface area (Å²) in [6.07, 6.45) is 1.91. The maximum atomic E-state index is 11.9. The number of hydrogen-bond acceptors (Lipinski definition) is 4. The molecule has 1 atom stereocenters. The Morgan fingerprint density at radius 2 is 1.96 bits per heavy atom. The van der Waals surface area contributed by atoms with Crippen LogP contribution in [0.5, 0.6) is 5.75 Å². The molecule has 0 radical (unpaired) electrons. The van der Waals surface area contributed by atoms with E-state index in [1.165, 1.54) is 5.56 Å². The van der Waals surface area contributed by atoms with Crippen LogP contribution < -0.4 is 10.1 Å². The second-order valence-corrected chi connectivity index (χ2v) is 5.91. The molecule has 23 heavy (non-hydrogen) atoms. The molecule has 0 saturated heterocycles. The van der Waals surface area contributed by atoms with Gasteiger partial charge in [-0.1, -0.05) is 26.0 Å². The fourth-order valence-electron chi connectivity index (χ4n) is 2.27. The number of carbonyl (C=O) groups is 1. The van der Waals surface area contributed by atoms with Crippen molar-refractivity contribution in [3.05, 3.63) is 42.0 Å². The van der Waals surface area contributed by atoms with Gasteiger partial charge in [0.25, 0.3) is 0 Å². The highest BCUT2D eigenvalue weighted by Gasteiger charge is 2.14. The van der Waals surface area contributed by atoms with E-state index >= 15 is 0 Å². The van der Waals surface area contributed by atoms with Crippen LogP contribution in [0, 0.1) is 0 Å². The van der Waals surface area contributed by atoms with E-state index in [1.54, 1.807) is 10.9 Å². The van der Waals surface area contributed by atoms with E-state index in [2.05, 4.69) is 41.5 Å². The average Bonchev–Trinajstić information content (AvgIpc) is 2.94. The van der Waals surface area contributed by atoms with Gasteiger partial charge in [-0.15, -0.1) is 10.2 Å². The average molecular weight is 316 g/mol. The van der Waals surface area contributed by atoms with Gasteiger partial charge in [0, 0.05) is 7.05 Å². The molecule has 6 nitrogen and oxygen atoms in total. The smallest absolute Gasteiger partial charge is 0.224 e. The van der Waals surface area contributed by atoms with Gasteiger partial charge in [0.2, 0.25) is 5.91 Å². The van der Waals surface area contributed by atoms with Crippen molar-refractivity contribution in [3.63, 3.8) is 0 Å². The van der Waals surface area contributed by atoms with E-state index in [0.717, 1.165) is 11.6 Å². The van der Waals surface area contributed by atoms with Crippen molar-refractivity contribution < 1.29 is 9.53 Å². The number of ether oxygens (including phenoxy) is 1. The first-order chi connectivity index (χ1) is 11.0. The molecule has 6 heteroatoms. The lowest BCUT2D eigenvalue weighted by molar-refractivity contribution is -0.122. The molecule has 2 rings (SSSR count). The van der Waals surface area contributed by atoms with Crippen LogP contribution in [0.15, 0.2) is 30.6 Å². The van der Waals surface area contributed by atoms with E-state index in [0.29, 0.717) is 18.9 Å². The third-order valence-electron chi connectivity index (χ3n) is 3.66. The summed E-state index contributed by atoms with van der Waals surface area (Å²) in [6.45, 7) is 6.53. The highest BCUT2D eigenvalue weighted by Crippen LogP contribution is 2.18. The maximum Gasteiger partial charge on any atom is 0.224 e. The summed E-state index contributed by atoms with van der Waals surface area (Å²) in [6, 6.07) is 7.80. The zero-order valence-corrected chi connectivity index (χ0v) is 14.1. The highest BCUT2D eigenvalue weighted by atomic mass is 16.5. The molecule has 1 aromatic carbocycles. The third-order valence-corrected chi connectivity index (χ3v) is 3.66. The van der Waals surface area contributed by atoms with E-state index in [4.69, 9.17) is 4.74 Å². The summed E-state index contributed by atoms with van der Waals surface area (Å²) >= 11 is 0. The Balaban J connectivity index is 1.75. The molecule has 1 N–H and O–H groups in total. The molecular formula is C17H24N4O2. The molecule has 0 bridgehead atoms. The predicted molar refractivity (Wildman–Crippen MR) is 88.2 cm³/mol. The van der Waals surface area contributed by atoms with Crippen LogP contribution in [-0.4, -0.2) is 27.3 Å². The van der Waals surface area contributed by atoms with Crippen LogP contribution >= 0.6 is 0 Å². The first-order valence-electron chi connectivity index (χ1n) is 7.83. The van der Waals surface area contributed by atoms with Gasteiger partial charge in [0.15, 0.2) is 5.82 Å². The highest BCUT2D eigenvalue weighted by molar-refractivity contribution is 5.76. The molecule has 0 fully saturated rings. The van der Waals surface area contributed by atoms with Crippen molar-refractivity contribution in [2.45, 2.75) is 39.2 Å². The molecule has 0 unspecified atom stereocenters. The molecule has 0 aliphatic carbocycles. The quantitative estimate of drug-likeness (QED) is 0.852. The minimum Gasteiger partial charge on any atom is -0.493 e. The Labute approximate surface area is 136 Å². The van der Waals surface area contributed by atoms with Crippen molar-refractivity contribution >= 4 is 5.91 Å². The summed E-state index contributed by atoms with van der Waals surface area (Å²) in [7, 11) is 1.85. The Morgan fingerprint density at radius 1 is 1.26 bits per heavy atom. The second kappa shape index (κ2) is 7.76. The number of nitrogens with one attached hydrogen (secondary N) is 1. The van der Waals surface area contributed by atoms with E-state index in [1.807, 2.05) is 26.1 Å². The standard InChI is InChI=1S/C17H24N4O2/c1-12(2)14-5-7-15(8-6-14)23-10-9-16(22)19-13(3)17-20-18-11-21(17)4/h5-8,11-13H,9-10H2,1-4H3,(H,19,22)/t13-/m0/s1. The van der Waals surface area contributed by atoms with Gasteiger partial charge in [-0.05, 0) is 30.5 Å². The first-order valence-corrected chi connectivity index (χ1v) is 7.83. The summed E-state index contributed by atoms with van der Waals surface area (Å²) in [5.74, 6) is 1.93. The van der Waals surface area contributed by atoms with Gasteiger partial charge >= 0.3 is 0 Å². The largest absolute Gasteiger partial charge is 0.493 e. The SMILES string of the molecule is CC(C)c1ccc(OCCC(=O)N[C@@H](C)c2nncn2C)cc1. The molecule has 124 valence electrons. The Hall–Kier alpha value is -2.37. The zero-order valence-electron chi connectivity index (χ0n) is 14.1. The fraction of sp³-hybridized carbons (Fsp3) is 0.471. The Kier molecular flexibility index (Phi) is 5.73. The summed E-state index contributed by atoms with van der Waals surface area (Å²) in [4.78, 5) is 11.9. The molecule has 1 amide bonds. The number of rotatable bonds is 7. The Bertz CT molecular complexity index is 634. The minimum absolute atomic E-state index is 0.0701. The van der Waals surface area contributed by atoms with E-state index in [-0.39, 0.29) is 11.9 Å². The molecule has 0 saturated carbocycles. The summed E-state index contributed by atoms with van der Waals surface area (Å²) in [5.41, 5.74) is 1.27. The lowest BCUT2D eigenvalue weighted by Gasteiger charge is -2.13. The minimum atomic E-state index is -0.180. The van der Waals surface area contributed by atoms with Crippen LogP contribution in [0.25, 0.3) is 0 Å². The molecule has 0 aliphatic heterocycles. The zero-order chi connectivity index (χ0) is 16.8. The van der Waals surface area contributed by atoms with Gasteiger partial charge in [0.1, 0.15) is 12.1 Å². The van der Waals surface area contributed by atoms with Gasteiger partial charge in [-0.2, -0.15) is 0 Å². The number of amides is 1. The molecule has 1 aromatic heterocycles. The number of aryl methyl sites for hydroxylation is 1. The van der Waals surface area contributed by atoms with Gasteiger partial charge in [-0.25, -0.2) is 0 Å². The van der Waals surface area contributed by atoms with Gasteiger partial charge in [-0.3, -0.25) is 4.79 Å². The number of hydrogen-bond donors (Lipinski definition) is 1. The third kappa shape index (κ3) is 4.81. The molecule has 2 aromatic rings. The van der Waals surface area contributed by atoms with E-state index in [9.17, 15) is 4.79 Å². The monoisotopic (exact) mass is 316 g/mol. The first kappa shape index (κ1) is 17.0. The predicted octanol–water partition coefficient (Wildman–Crippen LogP) is 2.58. The Morgan fingerprint density at radius 3 is 2.52 bits per heavy atom. The van der Waals surface area contributed by atoms with Crippen molar-refractivity contribution in [2.75, 3.05) is 6.61 Å². The van der Waals surface area contributed by atoms with Crippen molar-refractivity contribution in [3.8, 4) is 5.75 Å². The van der Waals surface area contributed by atoms with Gasteiger partial charge < -0.3 is 14.6 Å². The van der Waals surface area contributed by atoms with Crippen molar-refractivity contribution in [1.82, 2.24) is 20.1 Å². The molecule has 1 heterocycles. The normalized spacial score (nSPS) is 12.2. The lowest BCUT2D eigenvalue weighted by Crippen LogP contribution is -2.29. The number of aromatic nitrogens is 3. The topological polar surface area (TPSA) is 69.0 Å². The number of carbonyl (C=O) groups excluding carboxylic acids is 1. The second-order valence-electron chi connectivity index (χ2n) is 5.91. The summed E-state index contributed by atoms with van der Waals surface area (Å²) < 4.78 is 7.40. The summed E-state index contributed by atoms with van der Waals surface area (Å²) in [5, 5.41) is 10.7. The van der Waals surface area contributed by atoms with Crippen LogP contribution in [0.1, 0.15) is 50.5 Å². The van der Waals surface area contributed by atoms with E-state index < -0.39 is 0 Å². The molecule has 0 aliphatic rings. The van der Waals surface area contributed by atoms with Gasteiger partial charge in [0.05, 0.1) is 19.1 Å². The van der Waals surface area contributed by atoms with Crippen LogP contribution in [0.3, 0.4) is 0 Å². The van der Waals surface area contributed by atoms with Crippen molar-refractivity contribution in [1.29, 1.82) is 0 Å². The molecular weight excluding hydrogens is 292 g/mol. The number of benzene rings is 1. The molecule has 0 spiro atoms. The van der Waals surface area contributed by atoms with Crippen molar-refractivity contribution in [2.24, 2.45) is 7.05 Å². The lowest BCUT2D eigenvalue weighted by atomic mass is 10.0. The number of nitrogens with zero attached hydrogens (tertiary/aromatic N) is 3. The van der Waals surface area contributed by atoms with Crippen LogP contribution in [-0.2, 0) is 11.8 Å². The fourth-order valence-corrected chi connectivity index (χ4v) is 2.27. The maximum absolute atomic E-state index is 11.9. The van der Waals surface area contributed by atoms with Crippen LogP contribution in [0.2, 0.25) is 0 Å². The van der Waals surface area contributed by atoms with Crippen LogP contribution in [0.4, 0.5) is 0 Å².